The molecule has 1 rings (SSSR count). The quantitative estimate of drug-likeness (QED) is 0.602. The van der Waals surface area contributed by atoms with Gasteiger partial charge in [0.05, 0.1) is 10.5 Å². The van der Waals surface area contributed by atoms with E-state index in [4.69, 9.17) is 18.0 Å². The van der Waals surface area contributed by atoms with Gasteiger partial charge in [-0.25, -0.2) is 0 Å². The Balaban J connectivity index is 2.78. The monoisotopic (exact) mass is 334 g/mol. The summed E-state index contributed by atoms with van der Waals surface area (Å²) in [5.74, 6) is 0. The number of thiocarbonyl (C=S) groups is 1. The molecule has 0 bridgehead atoms. The Labute approximate surface area is 121 Å². The third kappa shape index (κ3) is 5.13. The number of nitrogens with two attached hydrogens (primary N) is 1. The van der Waals surface area contributed by atoms with Crippen molar-refractivity contribution >= 4 is 27.4 Å². The van der Waals surface area contributed by atoms with Crippen molar-refractivity contribution in [3.63, 3.8) is 0 Å². The molecule has 0 aromatic rings. The van der Waals surface area contributed by atoms with Crippen LogP contribution in [0.25, 0.3) is 0 Å². The average Bonchev–Trinajstić information content (AvgIpc) is 2.29. The number of halogens is 3. The molecule has 1 heterocycles. The van der Waals surface area contributed by atoms with Crippen molar-refractivity contribution in [2.24, 2.45) is 5.73 Å². The van der Waals surface area contributed by atoms with Crippen molar-refractivity contribution in [1.82, 2.24) is 14.3 Å². The van der Waals surface area contributed by atoms with Crippen molar-refractivity contribution in [3.05, 3.63) is 0 Å². The first-order valence-corrected chi connectivity index (χ1v) is 7.69. The van der Waals surface area contributed by atoms with E-state index in [0.29, 0.717) is 25.9 Å². The van der Waals surface area contributed by atoms with Gasteiger partial charge in [-0.15, -0.1) is 0 Å². The van der Waals surface area contributed by atoms with Gasteiger partial charge in [0.1, 0.15) is 6.54 Å². The molecule has 4 N–H and O–H groups in total. The Morgan fingerprint density at radius 1 is 1.40 bits per heavy atom. The number of hydrogen-bond acceptors (Lipinski definition) is 4. The highest BCUT2D eigenvalue weighted by molar-refractivity contribution is 7.87. The lowest BCUT2D eigenvalue weighted by atomic mass is 9.89. The molecule has 1 aliphatic rings. The topological polar surface area (TPSA) is 87.5 Å². The molecule has 20 heavy (non-hydrogen) atoms. The van der Waals surface area contributed by atoms with Crippen LogP contribution >= 0.6 is 12.2 Å². The highest BCUT2D eigenvalue weighted by Gasteiger charge is 2.41. The molecule has 11 heteroatoms. The molecule has 6 nitrogen and oxygen atoms in total. The zero-order valence-corrected chi connectivity index (χ0v) is 12.5. The van der Waals surface area contributed by atoms with Crippen LogP contribution in [0.15, 0.2) is 0 Å². The smallest absolute Gasteiger partial charge is 0.392 e. The highest BCUT2D eigenvalue weighted by atomic mass is 32.2. The maximum atomic E-state index is 12.1. The van der Waals surface area contributed by atoms with E-state index < -0.39 is 28.5 Å². The number of alkyl halides is 3. The standard InChI is InChI=1S/C9H17F3N4O2S2/c1-16-4-2-8(3-5-16,7(13)19)15-20(17,18)14-6-9(10,11)12/h14-15H,2-6H2,1H3,(H2,13,19). The Morgan fingerprint density at radius 2 is 1.90 bits per heavy atom. The van der Waals surface area contributed by atoms with Crippen molar-refractivity contribution in [1.29, 1.82) is 0 Å². The SMILES string of the molecule is CN1CCC(NS(=O)(=O)NCC(F)(F)F)(C(N)=S)CC1. The highest BCUT2D eigenvalue weighted by Crippen LogP contribution is 2.23. The first-order chi connectivity index (χ1) is 8.96. The molecular weight excluding hydrogens is 317 g/mol. The van der Waals surface area contributed by atoms with Crippen LogP contribution in [0.4, 0.5) is 13.2 Å². The van der Waals surface area contributed by atoms with Gasteiger partial charge >= 0.3 is 6.18 Å². The average molecular weight is 334 g/mol. The van der Waals surface area contributed by atoms with Gasteiger partial charge in [0, 0.05) is 13.1 Å². The lowest BCUT2D eigenvalue weighted by molar-refractivity contribution is -0.121. The minimum Gasteiger partial charge on any atom is -0.392 e. The van der Waals surface area contributed by atoms with Crippen molar-refractivity contribution in [3.8, 4) is 0 Å². The van der Waals surface area contributed by atoms with Gasteiger partial charge in [0.2, 0.25) is 0 Å². The van der Waals surface area contributed by atoms with E-state index in [1.165, 1.54) is 4.72 Å². The molecule has 1 aliphatic heterocycles. The summed E-state index contributed by atoms with van der Waals surface area (Å²) in [6.45, 7) is -0.562. The van der Waals surface area contributed by atoms with E-state index in [2.05, 4.69) is 4.72 Å². The number of nitrogens with one attached hydrogen (secondary N) is 2. The van der Waals surface area contributed by atoms with Crippen LogP contribution in [0.5, 0.6) is 0 Å². The Morgan fingerprint density at radius 3 is 2.30 bits per heavy atom. The number of rotatable bonds is 5. The normalized spacial score (nSPS) is 20.8. The second-order valence-electron chi connectivity index (χ2n) is 4.79. The van der Waals surface area contributed by atoms with Gasteiger partial charge in [0.15, 0.2) is 0 Å². The van der Waals surface area contributed by atoms with Crippen LogP contribution in [0.1, 0.15) is 12.8 Å². The van der Waals surface area contributed by atoms with Crippen LogP contribution in [-0.4, -0.2) is 56.7 Å². The minimum atomic E-state index is -4.63. The molecule has 0 atom stereocenters. The summed E-state index contributed by atoms with van der Waals surface area (Å²) in [5, 5.41) is 0. The first kappa shape index (κ1) is 17.6. The van der Waals surface area contributed by atoms with E-state index in [1.807, 2.05) is 11.9 Å². The lowest BCUT2D eigenvalue weighted by Crippen LogP contribution is -2.63. The van der Waals surface area contributed by atoms with Gasteiger partial charge in [-0.1, -0.05) is 12.2 Å². The fraction of sp³-hybridized carbons (Fsp3) is 0.889. The molecule has 0 spiro atoms. The summed E-state index contributed by atoms with van der Waals surface area (Å²) >= 11 is 4.87. The van der Waals surface area contributed by atoms with Gasteiger partial charge in [-0.2, -0.15) is 31.0 Å². The molecule has 1 fully saturated rings. The summed E-state index contributed by atoms with van der Waals surface area (Å²) in [7, 11) is -2.49. The minimum absolute atomic E-state index is 0.0667. The van der Waals surface area contributed by atoms with Crippen LogP contribution in [0.2, 0.25) is 0 Å². The summed E-state index contributed by atoms with van der Waals surface area (Å²) in [6.07, 6.45) is -4.00. The predicted molar refractivity (Wildman–Crippen MR) is 72.4 cm³/mol. The zero-order valence-electron chi connectivity index (χ0n) is 10.8. The number of nitrogens with zero attached hydrogens (tertiary/aromatic N) is 1. The van der Waals surface area contributed by atoms with E-state index >= 15 is 0 Å². The van der Waals surface area contributed by atoms with E-state index in [9.17, 15) is 21.6 Å². The molecule has 0 amide bonds. The molecule has 0 aromatic heterocycles. The fourth-order valence-corrected chi connectivity index (χ4v) is 3.44. The molecule has 1 saturated heterocycles. The molecule has 0 saturated carbocycles. The molecule has 0 unspecified atom stereocenters. The van der Waals surface area contributed by atoms with E-state index in [0.717, 1.165) is 0 Å². The summed E-state index contributed by atoms with van der Waals surface area (Å²) in [4.78, 5) is 1.89. The first-order valence-electron chi connectivity index (χ1n) is 5.80. The van der Waals surface area contributed by atoms with Crippen LogP contribution < -0.4 is 15.2 Å². The van der Waals surface area contributed by atoms with E-state index in [1.54, 1.807) is 0 Å². The van der Waals surface area contributed by atoms with Gasteiger partial charge in [0.25, 0.3) is 10.2 Å². The Kier molecular flexibility index (Phi) is 5.35. The summed E-state index contributed by atoms with van der Waals surface area (Å²) in [6, 6.07) is 0. The second kappa shape index (κ2) is 6.10. The van der Waals surface area contributed by atoms with Gasteiger partial charge in [-0.3, -0.25) is 0 Å². The molecule has 118 valence electrons. The fourth-order valence-electron chi connectivity index (χ4n) is 1.87. The Bertz CT molecular complexity index is 458. The number of piperidine rings is 1. The summed E-state index contributed by atoms with van der Waals surface area (Å²) < 4.78 is 63.2. The van der Waals surface area contributed by atoms with Crippen LogP contribution in [0, 0.1) is 0 Å². The Hall–Kier alpha value is -0.490. The molecule has 0 aliphatic carbocycles. The molecule has 0 aromatic carbocycles. The third-order valence-corrected chi connectivity index (χ3v) is 4.68. The lowest BCUT2D eigenvalue weighted by Gasteiger charge is -2.40. The summed E-state index contributed by atoms with van der Waals surface area (Å²) in [5.41, 5.74) is 4.39. The molecule has 0 radical (unpaired) electrons. The predicted octanol–water partition coefficient (Wildman–Crippen LogP) is -0.277. The molecular formula is C9H17F3N4O2S2. The second-order valence-corrected chi connectivity index (χ2v) is 6.73. The van der Waals surface area contributed by atoms with Crippen LogP contribution in [0.3, 0.4) is 0 Å². The third-order valence-electron chi connectivity index (χ3n) is 3.10. The van der Waals surface area contributed by atoms with Gasteiger partial charge in [-0.05, 0) is 19.9 Å². The van der Waals surface area contributed by atoms with E-state index in [-0.39, 0.29) is 4.99 Å². The van der Waals surface area contributed by atoms with Crippen molar-refractivity contribution in [2.75, 3.05) is 26.7 Å². The van der Waals surface area contributed by atoms with Crippen molar-refractivity contribution in [2.45, 2.75) is 24.6 Å². The maximum absolute atomic E-state index is 12.1. The van der Waals surface area contributed by atoms with Crippen molar-refractivity contribution < 1.29 is 21.6 Å². The zero-order chi connectivity index (χ0) is 15.6. The number of likely N-dealkylation sites (tertiary alicyclic amines) is 1. The maximum Gasteiger partial charge on any atom is 0.402 e. The number of hydrogen-bond donors (Lipinski definition) is 3. The van der Waals surface area contributed by atoms with Crippen LogP contribution in [-0.2, 0) is 10.2 Å². The van der Waals surface area contributed by atoms with Gasteiger partial charge < -0.3 is 10.6 Å². The largest absolute Gasteiger partial charge is 0.402 e.